The average molecular weight is 439 g/mol. The Morgan fingerprint density at radius 2 is 1.66 bits per heavy atom. The molecule has 12 heteroatoms. The van der Waals surface area contributed by atoms with Gasteiger partial charge in [-0.3, -0.25) is 4.79 Å². The maximum absolute atomic E-state index is 13.6. The Labute approximate surface area is 166 Å². The van der Waals surface area contributed by atoms with E-state index in [1.165, 1.54) is 6.07 Å². The fourth-order valence-corrected chi connectivity index (χ4v) is 2.32. The van der Waals surface area contributed by atoms with Crippen LogP contribution in [0.1, 0.15) is 23.2 Å². The van der Waals surface area contributed by atoms with Crippen molar-refractivity contribution in [2.45, 2.75) is 19.6 Å². The molecule has 0 aliphatic rings. The van der Waals surface area contributed by atoms with Gasteiger partial charge in [0.05, 0.1) is 6.61 Å². The molecule has 1 heterocycles. The van der Waals surface area contributed by atoms with Gasteiger partial charge in [0, 0.05) is 5.75 Å². The van der Waals surface area contributed by atoms with E-state index in [0.29, 0.717) is 0 Å². The zero-order chi connectivity index (χ0) is 21.7. The molecule has 0 bridgehead atoms. The molecule has 0 spiro atoms. The number of furan rings is 1. The number of amides is 1. The highest BCUT2D eigenvalue weighted by atomic mass is 32.1. The van der Waals surface area contributed by atoms with Crippen LogP contribution in [0.2, 0.25) is 0 Å². The molecule has 1 atom stereocenters. The minimum absolute atomic E-state index is 0.0541. The fourth-order valence-electron chi connectivity index (χ4n) is 2.08. The Hall–Kier alpha value is -2.76. The van der Waals surface area contributed by atoms with Crippen molar-refractivity contribution >= 4 is 24.5 Å². The number of carbonyl (C=O) groups is 2. The molecule has 0 fully saturated rings. The van der Waals surface area contributed by atoms with Crippen LogP contribution in [-0.4, -0.2) is 30.3 Å². The van der Waals surface area contributed by atoms with E-state index in [2.05, 4.69) is 22.7 Å². The van der Waals surface area contributed by atoms with E-state index in [1.807, 2.05) is 0 Å². The maximum atomic E-state index is 13.6. The third-order valence-electron chi connectivity index (χ3n) is 3.47. The number of thiol groups is 1. The minimum atomic E-state index is -2.32. The Bertz CT molecular complexity index is 891. The monoisotopic (exact) mass is 439 g/mol. The summed E-state index contributed by atoms with van der Waals surface area (Å²) in [4.78, 5) is 23.8. The van der Waals surface area contributed by atoms with Crippen molar-refractivity contribution < 1.29 is 45.4 Å². The lowest BCUT2D eigenvalue weighted by atomic mass is 10.2. The minimum Gasteiger partial charge on any atom is -0.479 e. The van der Waals surface area contributed by atoms with Gasteiger partial charge in [-0.2, -0.15) is 21.4 Å². The first kappa shape index (κ1) is 22.5. The molecule has 1 aromatic carbocycles. The van der Waals surface area contributed by atoms with Gasteiger partial charge in [0.25, 0.3) is 5.91 Å². The van der Waals surface area contributed by atoms with Crippen molar-refractivity contribution in [1.82, 2.24) is 5.32 Å². The van der Waals surface area contributed by atoms with Gasteiger partial charge >= 0.3 is 5.97 Å². The summed E-state index contributed by atoms with van der Waals surface area (Å²) in [6.45, 7) is 0.942. The second kappa shape index (κ2) is 9.63. The van der Waals surface area contributed by atoms with Crippen molar-refractivity contribution in [3.63, 3.8) is 0 Å². The number of rotatable bonds is 8. The zero-order valence-corrected chi connectivity index (χ0v) is 15.6. The maximum Gasteiger partial charge on any atom is 0.329 e. The van der Waals surface area contributed by atoms with Gasteiger partial charge in [0.15, 0.2) is 11.5 Å². The van der Waals surface area contributed by atoms with Crippen LogP contribution in [0.3, 0.4) is 0 Å². The molecule has 0 saturated heterocycles. The third kappa shape index (κ3) is 5.00. The first-order valence-corrected chi connectivity index (χ1v) is 8.65. The summed E-state index contributed by atoms with van der Waals surface area (Å²) in [5, 5.41) is 2.31. The van der Waals surface area contributed by atoms with Crippen LogP contribution in [0.15, 0.2) is 16.5 Å². The summed E-state index contributed by atoms with van der Waals surface area (Å²) in [5.41, 5.74) is 0. The van der Waals surface area contributed by atoms with Crippen molar-refractivity contribution in [3.8, 4) is 5.75 Å². The Morgan fingerprint density at radius 1 is 1.07 bits per heavy atom. The van der Waals surface area contributed by atoms with E-state index in [4.69, 9.17) is 9.15 Å². The molecule has 0 aliphatic carbocycles. The van der Waals surface area contributed by atoms with Crippen LogP contribution in [-0.2, 0) is 16.1 Å². The highest BCUT2D eigenvalue weighted by Gasteiger charge is 2.27. The van der Waals surface area contributed by atoms with Gasteiger partial charge in [-0.05, 0) is 19.1 Å². The molecule has 0 unspecified atom stereocenters. The quantitative estimate of drug-likeness (QED) is 0.217. The van der Waals surface area contributed by atoms with Gasteiger partial charge in [-0.15, -0.1) is 0 Å². The van der Waals surface area contributed by atoms with E-state index in [-0.39, 0.29) is 23.9 Å². The number of carbonyl (C=O) groups excluding carboxylic acids is 2. The van der Waals surface area contributed by atoms with Gasteiger partial charge in [-0.1, -0.05) is 0 Å². The molecular weight excluding hydrogens is 425 g/mol. The molecular formula is C17H14F5NO5S. The summed E-state index contributed by atoms with van der Waals surface area (Å²) < 4.78 is 80.9. The van der Waals surface area contributed by atoms with Crippen LogP contribution < -0.4 is 10.1 Å². The first-order chi connectivity index (χ1) is 13.7. The van der Waals surface area contributed by atoms with Crippen LogP contribution in [0.4, 0.5) is 22.0 Å². The van der Waals surface area contributed by atoms with Gasteiger partial charge in [0.1, 0.15) is 18.4 Å². The summed E-state index contributed by atoms with van der Waals surface area (Å²) in [7, 11) is 0. The lowest BCUT2D eigenvalue weighted by molar-refractivity contribution is -0.144. The zero-order valence-electron chi connectivity index (χ0n) is 14.7. The molecule has 1 N–H and O–H groups in total. The number of hydrogen-bond donors (Lipinski definition) is 2. The molecule has 158 valence electrons. The van der Waals surface area contributed by atoms with Crippen molar-refractivity contribution in [1.29, 1.82) is 0 Å². The standard InChI is InChI=1S/C17H14F5NO5S/c1-2-26-17(25)8(6-29)23-16(24)9-4-3-7(28-9)5-27-15-13(21)11(19)10(18)12(20)14(15)22/h3-4,8,29H,2,5-6H2,1H3,(H,23,24)/t8-/m0/s1. The van der Waals surface area contributed by atoms with Crippen molar-refractivity contribution in [3.05, 3.63) is 52.7 Å². The molecule has 1 aromatic heterocycles. The number of halogens is 5. The average Bonchev–Trinajstić information content (AvgIpc) is 3.18. The van der Waals surface area contributed by atoms with Crippen LogP contribution in [0.5, 0.6) is 5.75 Å². The first-order valence-electron chi connectivity index (χ1n) is 8.02. The van der Waals surface area contributed by atoms with Crippen molar-refractivity contribution in [2.75, 3.05) is 12.4 Å². The molecule has 0 radical (unpaired) electrons. The number of nitrogens with one attached hydrogen (secondary N) is 1. The summed E-state index contributed by atoms with van der Waals surface area (Å²) in [5.74, 6) is -14.4. The highest BCUT2D eigenvalue weighted by molar-refractivity contribution is 7.80. The SMILES string of the molecule is CCOC(=O)[C@H](CS)NC(=O)c1ccc(COc2c(F)c(F)c(F)c(F)c2F)o1. The number of ether oxygens (including phenoxy) is 2. The number of benzene rings is 1. The highest BCUT2D eigenvalue weighted by Crippen LogP contribution is 2.29. The molecule has 6 nitrogen and oxygen atoms in total. The smallest absolute Gasteiger partial charge is 0.329 e. The molecule has 0 saturated carbocycles. The molecule has 2 aromatic rings. The lowest BCUT2D eigenvalue weighted by Crippen LogP contribution is -2.43. The number of hydrogen-bond acceptors (Lipinski definition) is 6. The van der Waals surface area contributed by atoms with Gasteiger partial charge in [0.2, 0.25) is 29.1 Å². The lowest BCUT2D eigenvalue weighted by Gasteiger charge is -2.14. The predicted octanol–water partition coefficient (Wildman–Crippen LogP) is 3.15. The topological polar surface area (TPSA) is 77.8 Å². The van der Waals surface area contributed by atoms with E-state index in [1.54, 1.807) is 6.92 Å². The van der Waals surface area contributed by atoms with E-state index in [9.17, 15) is 31.5 Å². The summed E-state index contributed by atoms with van der Waals surface area (Å²) >= 11 is 3.93. The van der Waals surface area contributed by atoms with Crippen LogP contribution in [0, 0.1) is 29.1 Å². The van der Waals surface area contributed by atoms with Gasteiger partial charge in [-0.25, -0.2) is 18.0 Å². The summed E-state index contributed by atoms with van der Waals surface area (Å²) in [6.07, 6.45) is 0. The largest absolute Gasteiger partial charge is 0.479 e. The van der Waals surface area contributed by atoms with Crippen molar-refractivity contribution in [2.24, 2.45) is 0 Å². The van der Waals surface area contributed by atoms with Crippen LogP contribution >= 0.6 is 12.6 Å². The Balaban J connectivity index is 2.08. The molecule has 29 heavy (non-hydrogen) atoms. The van der Waals surface area contributed by atoms with E-state index < -0.39 is 59.4 Å². The third-order valence-corrected chi connectivity index (χ3v) is 3.84. The van der Waals surface area contributed by atoms with E-state index in [0.717, 1.165) is 6.07 Å². The second-order valence-corrected chi connectivity index (χ2v) is 5.78. The summed E-state index contributed by atoms with van der Waals surface area (Å²) in [6, 6.07) is 1.29. The normalized spacial score (nSPS) is 11.8. The van der Waals surface area contributed by atoms with Gasteiger partial charge < -0.3 is 19.2 Å². The fraction of sp³-hybridized carbons (Fsp3) is 0.294. The molecule has 2 rings (SSSR count). The molecule has 0 aliphatic heterocycles. The number of esters is 1. The molecule has 1 amide bonds. The Kier molecular flexibility index (Phi) is 7.48. The van der Waals surface area contributed by atoms with E-state index >= 15 is 0 Å². The predicted molar refractivity (Wildman–Crippen MR) is 91.0 cm³/mol. The van der Waals surface area contributed by atoms with Crippen LogP contribution in [0.25, 0.3) is 0 Å². The second-order valence-electron chi connectivity index (χ2n) is 5.41. The Morgan fingerprint density at radius 3 is 2.21 bits per heavy atom.